The largest absolute Gasteiger partial charge is 0.349 e. The van der Waals surface area contributed by atoms with Gasteiger partial charge >= 0.3 is 0 Å². The highest BCUT2D eigenvalue weighted by atomic mass is 79.9. The second-order valence-corrected chi connectivity index (χ2v) is 8.33. The van der Waals surface area contributed by atoms with Gasteiger partial charge in [0.2, 0.25) is 5.91 Å². The molecule has 6 heteroatoms. The van der Waals surface area contributed by atoms with Gasteiger partial charge in [0.15, 0.2) is 9.84 Å². The first-order valence-corrected chi connectivity index (χ1v) is 9.42. The van der Waals surface area contributed by atoms with E-state index in [1.807, 2.05) is 0 Å². The lowest BCUT2D eigenvalue weighted by atomic mass is 10.00. The minimum Gasteiger partial charge on any atom is -0.349 e. The average Bonchev–Trinajstić information content (AvgIpc) is 2.77. The molecule has 0 bridgehead atoms. The number of rotatable bonds is 3. The molecule has 1 N–H and O–H groups in total. The molecule has 0 aromatic rings. The van der Waals surface area contributed by atoms with Crippen LogP contribution in [0.1, 0.15) is 44.9 Å². The fourth-order valence-electron chi connectivity index (χ4n) is 2.93. The first-order chi connectivity index (χ1) is 8.49. The van der Waals surface area contributed by atoms with Crippen LogP contribution < -0.4 is 5.32 Å². The second-order valence-electron chi connectivity index (χ2n) is 5.46. The lowest BCUT2D eigenvalue weighted by molar-refractivity contribution is -0.122. The zero-order chi connectivity index (χ0) is 13.2. The predicted molar refractivity (Wildman–Crippen MR) is 74.6 cm³/mol. The summed E-state index contributed by atoms with van der Waals surface area (Å²) in [5.74, 6) is -0.122. The van der Waals surface area contributed by atoms with Gasteiger partial charge < -0.3 is 5.32 Å². The molecule has 1 aliphatic carbocycles. The molecule has 1 atom stereocenters. The van der Waals surface area contributed by atoms with E-state index in [1.54, 1.807) is 0 Å². The van der Waals surface area contributed by atoms with Crippen molar-refractivity contribution in [3.8, 4) is 0 Å². The number of amides is 1. The highest BCUT2D eigenvalue weighted by Crippen LogP contribution is 2.32. The monoisotopic (exact) mass is 337 g/mol. The van der Waals surface area contributed by atoms with Gasteiger partial charge in [-0.05, 0) is 25.7 Å². The lowest BCUT2D eigenvalue weighted by Crippen LogP contribution is -2.53. The summed E-state index contributed by atoms with van der Waals surface area (Å²) < 4.78 is 23.8. The molecule has 0 radical (unpaired) electrons. The molecule has 1 unspecified atom stereocenters. The molecule has 104 valence electrons. The Hall–Kier alpha value is -0.100. The molecule has 0 aromatic heterocycles. The maximum atomic E-state index is 12.2. The summed E-state index contributed by atoms with van der Waals surface area (Å²) in [4.78, 5) is 12.2. The minimum atomic E-state index is -3.23. The van der Waals surface area contributed by atoms with Gasteiger partial charge in [-0.15, -0.1) is 0 Å². The van der Waals surface area contributed by atoms with Crippen LogP contribution >= 0.6 is 15.9 Å². The van der Waals surface area contributed by atoms with Crippen LogP contribution in [0.3, 0.4) is 0 Å². The zero-order valence-corrected chi connectivity index (χ0v) is 12.9. The van der Waals surface area contributed by atoms with Crippen molar-refractivity contribution in [2.75, 3.05) is 11.1 Å². The second kappa shape index (κ2) is 5.49. The van der Waals surface area contributed by atoms with Gasteiger partial charge in [-0.3, -0.25) is 4.79 Å². The van der Waals surface area contributed by atoms with Crippen LogP contribution in [0.2, 0.25) is 0 Å². The smallest absolute Gasteiger partial charge is 0.238 e. The van der Waals surface area contributed by atoms with E-state index in [0.29, 0.717) is 18.2 Å². The van der Waals surface area contributed by atoms with Crippen molar-refractivity contribution in [2.45, 2.75) is 55.7 Å². The average molecular weight is 338 g/mol. The van der Waals surface area contributed by atoms with Crippen LogP contribution in [0, 0.1) is 0 Å². The van der Waals surface area contributed by atoms with E-state index in [4.69, 9.17) is 0 Å². The first kappa shape index (κ1) is 14.3. The number of sulfone groups is 1. The van der Waals surface area contributed by atoms with Crippen molar-refractivity contribution in [2.24, 2.45) is 0 Å². The molecule has 1 aliphatic heterocycles. The summed E-state index contributed by atoms with van der Waals surface area (Å²) in [6.07, 6.45) is 6.08. The summed E-state index contributed by atoms with van der Waals surface area (Å²) in [5.41, 5.74) is -0.218. The molecule has 4 nitrogen and oxygen atoms in total. The number of carbonyl (C=O) groups excluding carboxylic acids is 1. The van der Waals surface area contributed by atoms with E-state index in [2.05, 4.69) is 21.2 Å². The predicted octanol–water partition coefficient (Wildman–Crippen LogP) is 1.78. The molecule has 2 rings (SSSR count). The number of carbonyl (C=O) groups is 1. The Balaban J connectivity index is 2.07. The van der Waals surface area contributed by atoms with Crippen LogP contribution in [0.5, 0.6) is 0 Å². The number of hydrogen-bond donors (Lipinski definition) is 1. The zero-order valence-electron chi connectivity index (χ0n) is 10.5. The van der Waals surface area contributed by atoms with Gasteiger partial charge in [-0.2, -0.15) is 0 Å². The van der Waals surface area contributed by atoms with Gasteiger partial charge in [0.1, 0.15) is 5.25 Å². The molecule has 2 fully saturated rings. The molecule has 2 aliphatic rings. The van der Waals surface area contributed by atoms with Gasteiger partial charge in [0.05, 0.1) is 5.75 Å². The molecular weight excluding hydrogens is 318 g/mol. The van der Waals surface area contributed by atoms with E-state index in [9.17, 15) is 13.2 Å². The Kier molecular flexibility index (Phi) is 4.36. The Morgan fingerprint density at radius 1 is 1.22 bits per heavy atom. The van der Waals surface area contributed by atoms with E-state index in [0.717, 1.165) is 32.1 Å². The van der Waals surface area contributed by atoms with E-state index < -0.39 is 15.1 Å². The van der Waals surface area contributed by atoms with E-state index >= 15 is 0 Å². The lowest BCUT2D eigenvalue weighted by Gasteiger charge is -2.31. The Morgan fingerprint density at radius 2 is 1.89 bits per heavy atom. The third-order valence-corrected chi connectivity index (χ3v) is 7.32. The number of nitrogens with one attached hydrogen (secondary N) is 1. The van der Waals surface area contributed by atoms with Crippen molar-refractivity contribution >= 4 is 31.7 Å². The van der Waals surface area contributed by atoms with Crippen LogP contribution in [-0.2, 0) is 14.6 Å². The van der Waals surface area contributed by atoms with Gasteiger partial charge in [0.25, 0.3) is 0 Å². The Bertz CT molecular complexity index is 415. The maximum absolute atomic E-state index is 12.2. The highest BCUT2D eigenvalue weighted by Gasteiger charge is 2.40. The molecule has 1 heterocycles. The number of hydrogen-bond acceptors (Lipinski definition) is 3. The standard InChI is InChI=1S/C12H20BrNO3S/c13-9-12(6-2-3-7-12)14-11(15)10-5-1-4-8-18(10,16)17/h10H,1-9H2,(H,14,15). The fourth-order valence-corrected chi connectivity index (χ4v) is 5.44. The number of halogens is 1. The minimum absolute atomic E-state index is 0.159. The topological polar surface area (TPSA) is 63.2 Å². The van der Waals surface area contributed by atoms with E-state index in [1.165, 1.54) is 0 Å². The number of alkyl halides is 1. The molecule has 1 saturated carbocycles. The van der Waals surface area contributed by atoms with Crippen molar-refractivity contribution in [1.29, 1.82) is 0 Å². The summed E-state index contributed by atoms with van der Waals surface area (Å²) in [5, 5.41) is 2.89. The summed E-state index contributed by atoms with van der Waals surface area (Å²) >= 11 is 3.45. The van der Waals surface area contributed by atoms with Crippen LogP contribution in [0.25, 0.3) is 0 Å². The SMILES string of the molecule is O=C(NC1(CBr)CCCC1)C1CCCCS1(=O)=O. The summed E-state index contributed by atoms with van der Waals surface area (Å²) in [6.45, 7) is 0. The van der Waals surface area contributed by atoms with E-state index in [-0.39, 0.29) is 17.2 Å². The quantitative estimate of drug-likeness (QED) is 0.798. The Labute approximate surface area is 117 Å². The van der Waals surface area contributed by atoms with Crippen molar-refractivity contribution < 1.29 is 13.2 Å². The van der Waals surface area contributed by atoms with Gasteiger partial charge in [-0.25, -0.2) is 8.42 Å². The molecule has 1 saturated heterocycles. The van der Waals surface area contributed by atoms with Crippen molar-refractivity contribution in [1.82, 2.24) is 5.32 Å². The fraction of sp³-hybridized carbons (Fsp3) is 0.917. The molecular formula is C12H20BrNO3S. The summed E-state index contributed by atoms with van der Waals surface area (Å²) in [6, 6.07) is 0. The first-order valence-electron chi connectivity index (χ1n) is 6.59. The molecule has 0 spiro atoms. The molecule has 1 amide bonds. The summed E-state index contributed by atoms with van der Waals surface area (Å²) in [7, 11) is -3.23. The Morgan fingerprint density at radius 3 is 2.44 bits per heavy atom. The third-order valence-electron chi connectivity index (χ3n) is 4.08. The van der Waals surface area contributed by atoms with Gasteiger partial charge in [0, 0.05) is 10.9 Å². The van der Waals surface area contributed by atoms with Crippen LogP contribution in [0.15, 0.2) is 0 Å². The van der Waals surface area contributed by atoms with Crippen molar-refractivity contribution in [3.63, 3.8) is 0 Å². The van der Waals surface area contributed by atoms with Crippen LogP contribution in [-0.4, -0.2) is 36.2 Å². The normalized spacial score (nSPS) is 29.9. The molecule has 0 aromatic carbocycles. The molecule has 18 heavy (non-hydrogen) atoms. The maximum Gasteiger partial charge on any atom is 0.238 e. The highest BCUT2D eigenvalue weighted by molar-refractivity contribution is 9.09. The van der Waals surface area contributed by atoms with Crippen molar-refractivity contribution in [3.05, 3.63) is 0 Å². The van der Waals surface area contributed by atoms with Crippen LogP contribution in [0.4, 0.5) is 0 Å². The third kappa shape index (κ3) is 2.90. The van der Waals surface area contributed by atoms with Gasteiger partial charge in [-0.1, -0.05) is 35.2 Å².